The predicted molar refractivity (Wildman–Crippen MR) is 114 cm³/mol. The van der Waals surface area contributed by atoms with Crippen LogP contribution < -0.4 is 5.32 Å². The zero-order chi connectivity index (χ0) is 16.0. The van der Waals surface area contributed by atoms with Gasteiger partial charge >= 0.3 is 0 Å². The van der Waals surface area contributed by atoms with Gasteiger partial charge in [0.25, 0.3) is 0 Å². The summed E-state index contributed by atoms with van der Waals surface area (Å²) in [6.45, 7) is 17.0. The lowest BCUT2D eigenvalue weighted by atomic mass is 10.1. The first-order valence-electron chi connectivity index (χ1n) is 8.93. The molecule has 2 rings (SSSR count). The van der Waals surface area contributed by atoms with Crippen molar-refractivity contribution in [1.82, 2.24) is 15.1 Å². The highest BCUT2D eigenvalue weighted by molar-refractivity contribution is 14.0. The number of nitrogens with one attached hydrogen (secondary N) is 1. The molecular formula is C17H35IN4S. The van der Waals surface area contributed by atoms with Crippen LogP contribution in [0.1, 0.15) is 40.5 Å². The first-order chi connectivity index (χ1) is 10.5. The molecule has 2 aliphatic rings. The molecule has 136 valence electrons. The Bertz CT molecular complexity index is 376. The van der Waals surface area contributed by atoms with Crippen LogP contribution in [-0.4, -0.2) is 72.1 Å². The van der Waals surface area contributed by atoms with Gasteiger partial charge in [0.05, 0.1) is 0 Å². The van der Waals surface area contributed by atoms with Gasteiger partial charge in [-0.3, -0.25) is 4.99 Å². The van der Waals surface area contributed by atoms with Gasteiger partial charge in [0, 0.05) is 43.2 Å². The minimum atomic E-state index is 0. The summed E-state index contributed by atoms with van der Waals surface area (Å²) < 4.78 is 0.333. The van der Waals surface area contributed by atoms with Gasteiger partial charge in [-0.15, -0.1) is 24.0 Å². The largest absolute Gasteiger partial charge is 0.357 e. The van der Waals surface area contributed by atoms with Gasteiger partial charge in [-0.25, -0.2) is 0 Å². The van der Waals surface area contributed by atoms with Gasteiger partial charge in [0.15, 0.2) is 5.96 Å². The van der Waals surface area contributed by atoms with Crippen LogP contribution in [0.3, 0.4) is 0 Å². The first-order valence-corrected chi connectivity index (χ1v) is 9.92. The molecule has 2 aliphatic heterocycles. The average Bonchev–Trinajstić information content (AvgIpc) is 2.90. The molecule has 2 heterocycles. The molecule has 0 aromatic rings. The van der Waals surface area contributed by atoms with Crippen LogP contribution in [-0.2, 0) is 0 Å². The van der Waals surface area contributed by atoms with E-state index in [-0.39, 0.29) is 24.0 Å². The molecule has 0 aromatic carbocycles. The number of aliphatic imine (C=N–C) groups is 1. The highest BCUT2D eigenvalue weighted by atomic mass is 127. The van der Waals surface area contributed by atoms with Crippen LogP contribution in [0.25, 0.3) is 0 Å². The summed E-state index contributed by atoms with van der Waals surface area (Å²) in [6.07, 6.45) is 2.57. The normalized spacial score (nSPS) is 25.3. The van der Waals surface area contributed by atoms with Crippen molar-refractivity contribution in [1.29, 1.82) is 0 Å². The molecule has 4 nitrogen and oxygen atoms in total. The Labute approximate surface area is 164 Å². The van der Waals surface area contributed by atoms with E-state index < -0.39 is 0 Å². The molecule has 6 heteroatoms. The van der Waals surface area contributed by atoms with Gasteiger partial charge < -0.3 is 15.1 Å². The van der Waals surface area contributed by atoms with E-state index in [4.69, 9.17) is 4.99 Å². The maximum absolute atomic E-state index is 4.97. The molecule has 23 heavy (non-hydrogen) atoms. The molecule has 1 unspecified atom stereocenters. The first kappa shape index (κ1) is 21.4. The van der Waals surface area contributed by atoms with Crippen molar-refractivity contribution in [3.8, 4) is 0 Å². The van der Waals surface area contributed by atoms with E-state index in [0.29, 0.717) is 4.75 Å². The zero-order valence-corrected chi connectivity index (χ0v) is 18.5. The standard InChI is InChI=1S/C17H34N4S.HI/c1-5-8-20-9-7-15(13-20)12-19-16(18-6-2)21-10-11-22-17(3,4)14-21;/h15H,5-14H2,1-4H3,(H,18,19);1H. The van der Waals surface area contributed by atoms with E-state index in [1.165, 1.54) is 38.2 Å². The molecule has 2 fully saturated rings. The Hall–Kier alpha value is 0.310. The third-order valence-corrected chi connectivity index (χ3v) is 5.77. The summed E-state index contributed by atoms with van der Waals surface area (Å²) in [5, 5.41) is 3.50. The maximum atomic E-state index is 4.97. The molecule has 0 saturated carbocycles. The number of nitrogens with zero attached hydrogens (tertiary/aromatic N) is 3. The number of rotatable bonds is 5. The number of likely N-dealkylation sites (tertiary alicyclic amines) is 1. The van der Waals surface area contributed by atoms with Gasteiger partial charge in [0.1, 0.15) is 0 Å². The van der Waals surface area contributed by atoms with Crippen molar-refractivity contribution < 1.29 is 0 Å². The van der Waals surface area contributed by atoms with Crippen LogP contribution in [0.15, 0.2) is 4.99 Å². The fourth-order valence-corrected chi connectivity index (χ4v) is 4.53. The molecule has 0 spiro atoms. The fraction of sp³-hybridized carbons (Fsp3) is 0.941. The lowest BCUT2D eigenvalue weighted by Crippen LogP contribution is -2.51. The third kappa shape index (κ3) is 6.98. The van der Waals surface area contributed by atoms with Crippen LogP contribution >= 0.6 is 35.7 Å². The highest BCUT2D eigenvalue weighted by Crippen LogP contribution is 2.29. The minimum absolute atomic E-state index is 0. The molecule has 1 atom stereocenters. The average molecular weight is 454 g/mol. The van der Waals surface area contributed by atoms with Crippen molar-refractivity contribution >= 4 is 41.7 Å². The Balaban J connectivity index is 0.00000264. The topological polar surface area (TPSA) is 30.9 Å². The second-order valence-corrected chi connectivity index (χ2v) is 8.98. The summed E-state index contributed by atoms with van der Waals surface area (Å²) in [5.41, 5.74) is 0. The lowest BCUT2D eigenvalue weighted by molar-refractivity contribution is 0.325. The third-order valence-electron chi connectivity index (χ3n) is 4.47. The van der Waals surface area contributed by atoms with Crippen LogP contribution in [0.5, 0.6) is 0 Å². The van der Waals surface area contributed by atoms with Gasteiger partial charge in [0.2, 0.25) is 0 Å². The second kappa shape index (κ2) is 10.3. The van der Waals surface area contributed by atoms with E-state index in [1.54, 1.807) is 0 Å². The highest BCUT2D eigenvalue weighted by Gasteiger charge is 2.29. The van der Waals surface area contributed by atoms with Crippen molar-refractivity contribution in [3.05, 3.63) is 0 Å². The zero-order valence-electron chi connectivity index (χ0n) is 15.3. The molecule has 0 amide bonds. The Morgan fingerprint density at radius 2 is 2.09 bits per heavy atom. The molecule has 0 aromatic heterocycles. The Kier molecular flexibility index (Phi) is 9.59. The van der Waals surface area contributed by atoms with E-state index in [1.807, 2.05) is 0 Å². The van der Waals surface area contributed by atoms with Crippen molar-refractivity contribution in [3.63, 3.8) is 0 Å². The molecular weight excluding hydrogens is 419 g/mol. The number of hydrogen-bond acceptors (Lipinski definition) is 3. The molecule has 2 saturated heterocycles. The van der Waals surface area contributed by atoms with Gasteiger partial charge in [-0.2, -0.15) is 11.8 Å². The Morgan fingerprint density at radius 3 is 2.74 bits per heavy atom. The van der Waals surface area contributed by atoms with Crippen molar-refractivity contribution in [2.24, 2.45) is 10.9 Å². The quantitative estimate of drug-likeness (QED) is 0.393. The predicted octanol–water partition coefficient (Wildman–Crippen LogP) is 3.13. The van der Waals surface area contributed by atoms with Crippen LogP contribution in [0.4, 0.5) is 0 Å². The monoisotopic (exact) mass is 454 g/mol. The summed E-state index contributed by atoms with van der Waals surface area (Å²) in [7, 11) is 0. The number of guanidine groups is 1. The number of halogens is 1. The fourth-order valence-electron chi connectivity index (χ4n) is 3.42. The van der Waals surface area contributed by atoms with Crippen LogP contribution in [0.2, 0.25) is 0 Å². The molecule has 0 aliphatic carbocycles. The smallest absolute Gasteiger partial charge is 0.193 e. The van der Waals surface area contributed by atoms with E-state index >= 15 is 0 Å². The van der Waals surface area contributed by atoms with Crippen molar-refractivity contribution in [2.45, 2.75) is 45.3 Å². The number of hydrogen-bond donors (Lipinski definition) is 1. The summed E-state index contributed by atoms with van der Waals surface area (Å²) >= 11 is 2.08. The molecule has 0 bridgehead atoms. The SMILES string of the molecule is CCCN1CCC(CN=C(NCC)N2CCSC(C)(C)C2)C1.I. The molecule has 0 radical (unpaired) electrons. The maximum Gasteiger partial charge on any atom is 0.193 e. The molecule has 1 N–H and O–H groups in total. The van der Waals surface area contributed by atoms with Crippen LogP contribution in [0, 0.1) is 5.92 Å². The van der Waals surface area contributed by atoms with E-state index in [9.17, 15) is 0 Å². The number of thioether (sulfide) groups is 1. The second-order valence-electron chi connectivity index (χ2n) is 7.18. The van der Waals surface area contributed by atoms with Gasteiger partial charge in [-0.05, 0) is 52.6 Å². The van der Waals surface area contributed by atoms with Gasteiger partial charge in [-0.1, -0.05) is 6.92 Å². The Morgan fingerprint density at radius 1 is 1.30 bits per heavy atom. The van der Waals surface area contributed by atoms with E-state index in [0.717, 1.165) is 38.1 Å². The summed E-state index contributed by atoms with van der Waals surface area (Å²) in [6, 6.07) is 0. The van der Waals surface area contributed by atoms with E-state index in [2.05, 4.69) is 54.6 Å². The summed E-state index contributed by atoms with van der Waals surface area (Å²) in [5.74, 6) is 3.07. The summed E-state index contributed by atoms with van der Waals surface area (Å²) in [4.78, 5) is 10.0. The minimum Gasteiger partial charge on any atom is -0.357 e. The van der Waals surface area contributed by atoms with Crippen molar-refractivity contribution in [2.75, 3.05) is 51.6 Å². The lowest BCUT2D eigenvalue weighted by Gasteiger charge is -2.39.